The standard InChI is InChI=1S/C15H23ClN2O3/c1-9(2)12(18-14(20)21-15(3,4)5)13-10(8-19)6-11(16)7-17-13/h6-7,9,12,19H,8H2,1-5H3,(H,18,20)/t12-/m1/s1. The van der Waals surface area contributed by atoms with Crippen molar-refractivity contribution in [3.05, 3.63) is 28.5 Å². The molecule has 1 atom stereocenters. The van der Waals surface area contributed by atoms with Crippen LogP contribution in [0, 0.1) is 5.92 Å². The van der Waals surface area contributed by atoms with Crippen LogP contribution in [-0.4, -0.2) is 21.8 Å². The SMILES string of the molecule is CC(C)[C@@H](NC(=O)OC(C)(C)C)c1ncc(Cl)cc1CO. The first-order valence-corrected chi connectivity index (χ1v) is 7.26. The van der Waals surface area contributed by atoms with Crippen molar-refractivity contribution < 1.29 is 14.6 Å². The number of carbonyl (C=O) groups is 1. The van der Waals surface area contributed by atoms with E-state index in [0.717, 1.165) is 0 Å². The molecule has 1 rings (SSSR count). The largest absolute Gasteiger partial charge is 0.444 e. The molecule has 0 unspecified atom stereocenters. The first-order valence-electron chi connectivity index (χ1n) is 6.88. The van der Waals surface area contributed by atoms with Crippen molar-refractivity contribution in [2.24, 2.45) is 5.92 Å². The molecule has 6 heteroatoms. The van der Waals surface area contributed by atoms with Gasteiger partial charge in [0, 0.05) is 11.8 Å². The summed E-state index contributed by atoms with van der Waals surface area (Å²) in [5.74, 6) is 0.0801. The predicted octanol–water partition coefficient (Wildman–Crippen LogP) is 3.45. The van der Waals surface area contributed by atoms with E-state index in [9.17, 15) is 9.90 Å². The van der Waals surface area contributed by atoms with Gasteiger partial charge in [-0.2, -0.15) is 0 Å². The molecule has 0 spiro atoms. The van der Waals surface area contributed by atoms with E-state index in [1.54, 1.807) is 26.8 Å². The number of nitrogens with zero attached hydrogens (tertiary/aromatic N) is 1. The first-order chi connectivity index (χ1) is 9.64. The number of halogens is 1. The summed E-state index contributed by atoms with van der Waals surface area (Å²) in [6.07, 6.45) is 0.990. The van der Waals surface area contributed by atoms with Gasteiger partial charge in [0.25, 0.3) is 0 Å². The fourth-order valence-corrected chi connectivity index (χ4v) is 2.06. The summed E-state index contributed by atoms with van der Waals surface area (Å²) in [6.45, 7) is 9.13. The second-order valence-corrected chi connectivity index (χ2v) is 6.66. The van der Waals surface area contributed by atoms with Crippen molar-refractivity contribution in [3.63, 3.8) is 0 Å². The van der Waals surface area contributed by atoms with Crippen LogP contribution in [0.25, 0.3) is 0 Å². The Morgan fingerprint density at radius 3 is 2.57 bits per heavy atom. The maximum atomic E-state index is 12.0. The first kappa shape index (κ1) is 17.7. The number of hydrogen-bond acceptors (Lipinski definition) is 4. The minimum absolute atomic E-state index is 0.0801. The highest BCUT2D eigenvalue weighted by atomic mass is 35.5. The third kappa shape index (κ3) is 5.52. The van der Waals surface area contributed by atoms with Crippen LogP contribution < -0.4 is 5.32 Å². The van der Waals surface area contributed by atoms with E-state index >= 15 is 0 Å². The Morgan fingerprint density at radius 2 is 2.10 bits per heavy atom. The van der Waals surface area contributed by atoms with Crippen LogP contribution in [0.3, 0.4) is 0 Å². The van der Waals surface area contributed by atoms with Crippen LogP contribution >= 0.6 is 11.6 Å². The van der Waals surface area contributed by atoms with Crippen molar-refractivity contribution >= 4 is 17.7 Å². The number of carbonyl (C=O) groups excluding carboxylic acids is 1. The smallest absolute Gasteiger partial charge is 0.408 e. The Hall–Kier alpha value is -1.33. The number of aliphatic hydroxyl groups excluding tert-OH is 1. The van der Waals surface area contributed by atoms with Crippen LogP contribution in [0.5, 0.6) is 0 Å². The molecule has 0 aliphatic heterocycles. The zero-order chi connectivity index (χ0) is 16.2. The summed E-state index contributed by atoms with van der Waals surface area (Å²) in [6, 6.07) is 1.29. The Labute approximate surface area is 130 Å². The van der Waals surface area contributed by atoms with E-state index in [2.05, 4.69) is 10.3 Å². The molecule has 0 radical (unpaired) electrons. The Balaban J connectivity index is 3.00. The number of amides is 1. The Morgan fingerprint density at radius 1 is 1.48 bits per heavy atom. The van der Waals surface area contributed by atoms with Gasteiger partial charge in [-0.1, -0.05) is 25.4 Å². The van der Waals surface area contributed by atoms with E-state index in [1.165, 1.54) is 6.20 Å². The number of ether oxygens (including phenoxy) is 1. The topological polar surface area (TPSA) is 71.5 Å². The lowest BCUT2D eigenvalue weighted by molar-refractivity contribution is 0.0487. The highest BCUT2D eigenvalue weighted by molar-refractivity contribution is 6.30. The minimum Gasteiger partial charge on any atom is -0.444 e. The molecule has 0 aliphatic carbocycles. The third-order valence-corrected chi connectivity index (χ3v) is 2.98. The van der Waals surface area contributed by atoms with Gasteiger partial charge in [0.2, 0.25) is 0 Å². The van der Waals surface area contributed by atoms with Gasteiger partial charge in [-0.15, -0.1) is 0 Å². The molecule has 1 aromatic heterocycles. The lowest BCUT2D eigenvalue weighted by atomic mass is 9.97. The Kier molecular flexibility index (Phi) is 5.98. The normalized spacial score (nSPS) is 13.1. The van der Waals surface area contributed by atoms with Gasteiger partial charge >= 0.3 is 6.09 Å². The summed E-state index contributed by atoms with van der Waals surface area (Å²) in [7, 11) is 0. The molecule has 0 saturated heterocycles. The predicted molar refractivity (Wildman–Crippen MR) is 82.1 cm³/mol. The number of hydrogen-bond donors (Lipinski definition) is 2. The lowest BCUT2D eigenvalue weighted by Crippen LogP contribution is -2.37. The molecule has 118 valence electrons. The van der Waals surface area contributed by atoms with Crippen molar-refractivity contribution in [1.82, 2.24) is 10.3 Å². The summed E-state index contributed by atoms with van der Waals surface area (Å²) in [4.78, 5) is 16.2. The second kappa shape index (κ2) is 7.09. The quantitative estimate of drug-likeness (QED) is 0.893. The molecule has 1 aromatic rings. The number of rotatable bonds is 4. The maximum absolute atomic E-state index is 12.0. The molecule has 0 aliphatic rings. The molecule has 21 heavy (non-hydrogen) atoms. The van der Waals surface area contributed by atoms with Crippen LogP contribution in [0.1, 0.15) is 51.9 Å². The van der Waals surface area contributed by atoms with Gasteiger partial charge in [-0.25, -0.2) is 4.79 Å². The maximum Gasteiger partial charge on any atom is 0.408 e. The number of alkyl carbamates (subject to hydrolysis) is 1. The number of pyridine rings is 1. The molecule has 0 saturated carbocycles. The van der Waals surface area contributed by atoms with Gasteiger partial charge in [0.1, 0.15) is 5.60 Å². The number of aliphatic hydroxyl groups is 1. The highest BCUT2D eigenvalue weighted by Gasteiger charge is 2.25. The molecule has 0 fully saturated rings. The molecule has 0 aromatic carbocycles. The van der Waals surface area contributed by atoms with Crippen molar-refractivity contribution in [2.45, 2.75) is 52.9 Å². The van der Waals surface area contributed by atoms with E-state index in [-0.39, 0.29) is 18.6 Å². The second-order valence-electron chi connectivity index (χ2n) is 6.22. The summed E-state index contributed by atoms with van der Waals surface area (Å²) in [5.41, 5.74) is 0.624. The zero-order valence-electron chi connectivity index (χ0n) is 13.1. The van der Waals surface area contributed by atoms with Gasteiger partial charge in [-0.05, 0) is 32.8 Å². The van der Waals surface area contributed by atoms with Gasteiger partial charge in [0.15, 0.2) is 0 Å². The van der Waals surface area contributed by atoms with Crippen molar-refractivity contribution in [3.8, 4) is 0 Å². The molecule has 1 heterocycles. The molecular formula is C15H23ClN2O3. The van der Waals surface area contributed by atoms with Crippen LogP contribution in [0.4, 0.5) is 4.79 Å². The molecule has 2 N–H and O–H groups in total. The summed E-state index contributed by atoms with van der Waals surface area (Å²) < 4.78 is 5.27. The fourth-order valence-electron chi connectivity index (χ4n) is 1.88. The fraction of sp³-hybridized carbons (Fsp3) is 0.600. The lowest BCUT2D eigenvalue weighted by Gasteiger charge is -2.26. The van der Waals surface area contributed by atoms with Crippen LogP contribution in [0.2, 0.25) is 5.02 Å². The van der Waals surface area contributed by atoms with Gasteiger partial charge < -0.3 is 15.2 Å². The average Bonchev–Trinajstić information content (AvgIpc) is 2.33. The van der Waals surface area contributed by atoms with E-state index < -0.39 is 11.7 Å². The zero-order valence-corrected chi connectivity index (χ0v) is 13.9. The van der Waals surface area contributed by atoms with Crippen LogP contribution in [0.15, 0.2) is 12.3 Å². The van der Waals surface area contributed by atoms with Gasteiger partial charge in [-0.3, -0.25) is 4.98 Å². The van der Waals surface area contributed by atoms with E-state index in [0.29, 0.717) is 16.3 Å². The molecular weight excluding hydrogens is 292 g/mol. The number of nitrogens with one attached hydrogen (secondary N) is 1. The molecule has 1 amide bonds. The minimum atomic E-state index is -0.571. The van der Waals surface area contributed by atoms with Crippen molar-refractivity contribution in [1.29, 1.82) is 0 Å². The van der Waals surface area contributed by atoms with Crippen molar-refractivity contribution in [2.75, 3.05) is 0 Å². The Bertz CT molecular complexity index is 498. The third-order valence-electron chi connectivity index (χ3n) is 2.77. The number of aromatic nitrogens is 1. The molecule has 0 bridgehead atoms. The molecule has 5 nitrogen and oxygen atoms in total. The van der Waals surface area contributed by atoms with E-state index in [4.69, 9.17) is 16.3 Å². The monoisotopic (exact) mass is 314 g/mol. The summed E-state index contributed by atoms with van der Waals surface area (Å²) >= 11 is 5.89. The van der Waals surface area contributed by atoms with Gasteiger partial charge in [0.05, 0.1) is 23.4 Å². The van der Waals surface area contributed by atoms with Crippen LogP contribution in [-0.2, 0) is 11.3 Å². The average molecular weight is 315 g/mol. The van der Waals surface area contributed by atoms with E-state index in [1.807, 2.05) is 13.8 Å². The summed E-state index contributed by atoms with van der Waals surface area (Å²) in [5, 5.41) is 12.7. The highest BCUT2D eigenvalue weighted by Crippen LogP contribution is 2.25.